The van der Waals surface area contributed by atoms with E-state index in [4.69, 9.17) is 0 Å². The largest absolute Gasteiger partial charge is 0.329 e. The van der Waals surface area contributed by atoms with E-state index in [0.29, 0.717) is 0 Å². The SMILES string of the molecule is Cc1cc(Br)cc(C)c1N1CC(=O)NC1=O. The Kier molecular flexibility index (Phi) is 2.71. The lowest BCUT2D eigenvalue weighted by molar-refractivity contribution is -0.117. The Hall–Kier alpha value is -1.36. The van der Waals surface area contributed by atoms with Gasteiger partial charge in [0.05, 0.1) is 5.69 Å². The molecule has 0 bridgehead atoms. The summed E-state index contributed by atoms with van der Waals surface area (Å²) in [5.74, 6) is -0.258. The van der Waals surface area contributed by atoms with Crippen molar-refractivity contribution in [1.29, 1.82) is 0 Å². The van der Waals surface area contributed by atoms with Crippen LogP contribution in [0.25, 0.3) is 0 Å². The van der Waals surface area contributed by atoms with Crippen LogP contribution in [0.2, 0.25) is 0 Å². The zero-order chi connectivity index (χ0) is 11.9. The molecule has 1 heterocycles. The van der Waals surface area contributed by atoms with Crippen molar-refractivity contribution in [2.24, 2.45) is 0 Å². The van der Waals surface area contributed by atoms with Crippen molar-refractivity contribution in [2.75, 3.05) is 11.4 Å². The Bertz CT molecular complexity index is 462. The number of nitrogens with zero attached hydrogens (tertiary/aromatic N) is 1. The van der Waals surface area contributed by atoms with E-state index in [2.05, 4.69) is 21.2 Å². The highest BCUT2D eigenvalue weighted by Gasteiger charge is 2.29. The second-order valence-electron chi connectivity index (χ2n) is 3.83. The minimum atomic E-state index is -0.349. The predicted octanol–water partition coefficient (Wildman–Crippen LogP) is 2.12. The molecule has 0 aromatic heterocycles. The first-order valence-corrected chi connectivity index (χ1v) is 5.66. The van der Waals surface area contributed by atoms with Gasteiger partial charge in [0.2, 0.25) is 5.91 Å². The number of rotatable bonds is 1. The van der Waals surface area contributed by atoms with Gasteiger partial charge in [0.15, 0.2) is 0 Å². The summed E-state index contributed by atoms with van der Waals surface area (Å²) in [7, 11) is 0. The molecule has 0 radical (unpaired) electrons. The maximum absolute atomic E-state index is 11.6. The van der Waals surface area contributed by atoms with E-state index < -0.39 is 0 Å². The standard InChI is InChI=1S/C11H11BrN2O2/c1-6-3-8(12)4-7(2)10(6)14-5-9(15)13-11(14)16/h3-4H,5H2,1-2H3,(H,13,15,16). The minimum absolute atomic E-state index is 0.0994. The number of halogens is 1. The van der Waals surface area contributed by atoms with Crippen LogP contribution < -0.4 is 10.2 Å². The van der Waals surface area contributed by atoms with Gasteiger partial charge < -0.3 is 0 Å². The number of benzene rings is 1. The van der Waals surface area contributed by atoms with Crippen molar-refractivity contribution in [3.63, 3.8) is 0 Å². The lowest BCUT2D eigenvalue weighted by Crippen LogP contribution is -2.29. The fourth-order valence-corrected chi connectivity index (χ4v) is 2.64. The Labute approximate surface area is 102 Å². The minimum Gasteiger partial charge on any atom is -0.284 e. The molecule has 2 rings (SSSR count). The summed E-state index contributed by atoms with van der Waals surface area (Å²) in [5.41, 5.74) is 2.75. The summed E-state index contributed by atoms with van der Waals surface area (Å²) in [6.07, 6.45) is 0. The summed E-state index contributed by atoms with van der Waals surface area (Å²) in [4.78, 5) is 24.2. The van der Waals surface area contributed by atoms with Crippen LogP contribution >= 0.6 is 15.9 Å². The second-order valence-corrected chi connectivity index (χ2v) is 4.74. The van der Waals surface area contributed by atoms with Crippen LogP contribution in [0.3, 0.4) is 0 Å². The van der Waals surface area contributed by atoms with Crippen LogP contribution in [0.4, 0.5) is 10.5 Å². The first-order chi connectivity index (χ1) is 7.49. The number of amides is 3. The van der Waals surface area contributed by atoms with Crippen LogP contribution in [-0.4, -0.2) is 18.5 Å². The molecule has 0 spiro atoms. The summed E-state index contributed by atoms with van der Waals surface area (Å²) >= 11 is 3.40. The molecule has 1 aromatic carbocycles. The molecule has 1 N–H and O–H groups in total. The van der Waals surface area contributed by atoms with Crippen molar-refractivity contribution < 1.29 is 9.59 Å². The van der Waals surface area contributed by atoms with Crippen molar-refractivity contribution in [2.45, 2.75) is 13.8 Å². The van der Waals surface area contributed by atoms with Gasteiger partial charge >= 0.3 is 6.03 Å². The summed E-state index contributed by atoms with van der Waals surface area (Å²) in [6, 6.07) is 3.51. The molecule has 3 amide bonds. The second kappa shape index (κ2) is 3.90. The fourth-order valence-electron chi connectivity index (χ4n) is 1.95. The van der Waals surface area contributed by atoms with E-state index in [9.17, 15) is 9.59 Å². The zero-order valence-electron chi connectivity index (χ0n) is 9.00. The molecule has 0 aliphatic carbocycles. The first-order valence-electron chi connectivity index (χ1n) is 4.87. The van der Waals surface area contributed by atoms with E-state index in [1.807, 2.05) is 26.0 Å². The Morgan fingerprint density at radius 1 is 1.25 bits per heavy atom. The monoisotopic (exact) mass is 282 g/mol. The molecule has 1 aromatic rings. The number of hydrogen-bond acceptors (Lipinski definition) is 2. The summed E-state index contributed by atoms with van der Waals surface area (Å²) in [6.45, 7) is 3.94. The number of carbonyl (C=O) groups is 2. The number of aryl methyl sites for hydroxylation is 2. The Balaban J connectivity index is 2.48. The lowest BCUT2D eigenvalue weighted by atomic mass is 10.1. The number of urea groups is 1. The van der Waals surface area contributed by atoms with Crippen LogP contribution in [-0.2, 0) is 4.79 Å². The third kappa shape index (κ3) is 1.82. The van der Waals surface area contributed by atoms with Crippen LogP contribution in [0, 0.1) is 13.8 Å². The molecule has 84 valence electrons. The van der Waals surface area contributed by atoms with Crippen molar-refractivity contribution >= 4 is 33.6 Å². The summed E-state index contributed by atoms with van der Waals surface area (Å²) < 4.78 is 0.970. The number of anilines is 1. The lowest BCUT2D eigenvalue weighted by Gasteiger charge is -2.19. The molecule has 5 heteroatoms. The topological polar surface area (TPSA) is 49.4 Å². The molecule has 0 saturated carbocycles. The average molecular weight is 283 g/mol. The van der Waals surface area contributed by atoms with E-state index in [0.717, 1.165) is 21.3 Å². The van der Waals surface area contributed by atoms with Crippen LogP contribution in [0.5, 0.6) is 0 Å². The number of nitrogens with one attached hydrogen (secondary N) is 1. The molecule has 1 aliphatic heterocycles. The van der Waals surface area contributed by atoms with Crippen molar-refractivity contribution in [1.82, 2.24) is 5.32 Å². The van der Waals surface area contributed by atoms with Crippen LogP contribution in [0.15, 0.2) is 16.6 Å². The highest BCUT2D eigenvalue weighted by atomic mass is 79.9. The smallest absolute Gasteiger partial charge is 0.284 e. The highest BCUT2D eigenvalue weighted by molar-refractivity contribution is 9.10. The van der Waals surface area contributed by atoms with Gasteiger partial charge in [0.25, 0.3) is 0 Å². The van der Waals surface area contributed by atoms with E-state index in [-0.39, 0.29) is 18.5 Å². The maximum atomic E-state index is 11.6. The number of imide groups is 1. The van der Waals surface area contributed by atoms with Gasteiger partial charge in [0, 0.05) is 4.47 Å². The molecular weight excluding hydrogens is 272 g/mol. The van der Waals surface area contributed by atoms with Crippen molar-refractivity contribution in [3.05, 3.63) is 27.7 Å². The van der Waals surface area contributed by atoms with Gasteiger partial charge in [-0.1, -0.05) is 15.9 Å². The van der Waals surface area contributed by atoms with Gasteiger partial charge in [-0.3, -0.25) is 15.0 Å². The predicted molar refractivity (Wildman–Crippen MR) is 64.5 cm³/mol. The van der Waals surface area contributed by atoms with Gasteiger partial charge in [-0.2, -0.15) is 0 Å². The number of hydrogen-bond donors (Lipinski definition) is 1. The van der Waals surface area contributed by atoms with Crippen LogP contribution in [0.1, 0.15) is 11.1 Å². The molecule has 0 atom stereocenters. The molecule has 1 aliphatic rings. The molecule has 16 heavy (non-hydrogen) atoms. The van der Waals surface area contributed by atoms with Gasteiger partial charge in [0.1, 0.15) is 6.54 Å². The third-order valence-electron chi connectivity index (χ3n) is 2.52. The van der Waals surface area contributed by atoms with Gasteiger partial charge in [-0.15, -0.1) is 0 Å². The molecule has 4 nitrogen and oxygen atoms in total. The number of carbonyl (C=O) groups excluding carboxylic acids is 2. The molecular formula is C11H11BrN2O2. The van der Waals surface area contributed by atoms with Gasteiger partial charge in [-0.25, -0.2) is 4.79 Å². The molecule has 1 saturated heterocycles. The summed E-state index contributed by atoms with van der Waals surface area (Å²) in [5, 5.41) is 2.27. The zero-order valence-corrected chi connectivity index (χ0v) is 10.6. The van der Waals surface area contributed by atoms with Crippen molar-refractivity contribution in [3.8, 4) is 0 Å². The maximum Gasteiger partial charge on any atom is 0.329 e. The highest BCUT2D eigenvalue weighted by Crippen LogP contribution is 2.29. The van der Waals surface area contributed by atoms with E-state index in [1.54, 1.807) is 0 Å². The Morgan fingerprint density at radius 3 is 2.25 bits per heavy atom. The Morgan fingerprint density at radius 2 is 1.81 bits per heavy atom. The molecule has 0 unspecified atom stereocenters. The normalized spacial score (nSPS) is 15.6. The third-order valence-corrected chi connectivity index (χ3v) is 2.98. The quantitative estimate of drug-likeness (QED) is 0.803. The van der Waals surface area contributed by atoms with E-state index in [1.165, 1.54) is 4.90 Å². The van der Waals surface area contributed by atoms with E-state index >= 15 is 0 Å². The average Bonchev–Trinajstić information content (AvgIpc) is 2.43. The molecule has 1 fully saturated rings. The van der Waals surface area contributed by atoms with Gasteiger partial charge in [-0.05, 0) is 37.1 Å². The fraction of sp³-hybridized carbons (Fsp3) is 0.273. The first kappa shape index (κ1) is 11.1.